The number of rotatable bonds is 3. The summed E-state index contributed by atoms with van der Waals surface area (Å²) in [6.07, 6.45) is 1.66. The number of pyridine rings is 1. The maximum atomic E-state index is 12.9. The third-order valence-electron chi connectivity index (χ3n) is 3.78. The first-order valence-corrected chi connectivity index (χ1v) is 7.91. The van der Waals surface area contributed by atoms with Crippen molar-refractivity contribution in [2.24, 2.45) is 0 Å². The summed E-state index contributed by atoms with van der Waals surface area (Å²) < 4.78 is 7.27. The summed E-state index contributed by atoms with van der Waals surface area (Å²) in [5.74, 6) is 0.692. The number of ether oxygens (including phenoxy) is 1. The number of fused-ring (bicyclic) bond motifs is 1. The molecule has 0 saturated carbocycles. The molecule has 0 atom stereocenters. The van der Waals surface area contributed by atoms with Gasteiger partial charge in [-0.05, 0) is 57.9 Å². The number of hydrogen-bond acceptors (Lipinski definition) is 4. The fourth-order valence-electron chi connectivity index (χ4n) is 2.60. The lowest BCUT2D eigenvalue weighted by Crippen LogP contribution is -2.19. The molecule has 3 rings (SSSR count). The van der Waals surface area contributed by atoms with Gasteiger partial charge >= 0.3 is 0 Å². The van der Waals surface area contributed by atoms with E-state index in [1.54, 1.807) is 43.6 Å². The van der Waals surface area contributed by atoms with Crippen LogP contribution in [0.4, 0.5) is 0 Å². The third-order valence-corrected chi connectivity index (χ3v) is 4.42. The largest absolute Gasteiger partial charge is 0.497 e. The first-order chi connectivity index (χ1) is 11.6. The van der Waals surface area contributed by atoms with Crippen LogP contribution in [0, 0.1) is 11.3 Å². The molecule has 0 fully saturated rings. The van der Waals surface area contributed by atoms with Gasteiger partial charge < -0.3 is 9.84 Å². The van der Waals surface area contributed by atoms with Crippen LogP contribution in [0.3, 0.4) is 0 Å². The van der Waals surface area contributed by atoms with E-state index in [1.165, 1.54) is 10.6 Å². The number of aliphatic hydroxyl groups excluding tert-OH is 1. The van der Waals surface area contributed by atoms with Crippen LogP contribution in [0.25, 0.3) is 16.5 Å². The zero-order chi connectivity index (χ0) is 17.3. The van der Waals surface area contributed by atoms with E-state index in [0.717, 1.165) is 0 Å². The zero-order valence-corrected chi connectivity index (χ0v) is 14.4. The molecule has 1 heterocycles. The van der Waals surface area contributed by atoms with Gasteiger partial charge in [-0.2, -0.15) is 5.26 Å². The highest BCUT2D eigenvalue weighted by Crippen LogP contribution is 2.27. The van der Waals surface area contributed by atoms with E-state index < -0.39 is 0 Å². The normalized spacial score (nSPS) is 10.6. The molecule has 24 heavy (non-hydrogen) atoms. The van der Waals surface area contributed by atoms with Gasteiger partial charge in [0.2, 0.25) is 0 Å². The van der Waals surface area contributed by atoms with Gasteiger partial charge in [0.1, 0.15) is 5.75 Å². The maximum Gasteiger partial charge on any atom is 0.264 e. The molecule has 0 spiro atoms. The Hall–Kier alpha value is -2.62. The van der Waals surface area contributed by atoms with Gasteiger partial charge in [-0.1, -0.05) is 0 Å². The topological polar surface area (TPSA) is 75.2 Å². The predicted molar refractivity (Wildman–Crippen MR) is 94.4 cm³/mol. The van der Waals surface area contributed by atoms with Crippen LogP contribution in [0.5, 0.6) is 5.75 Å². The van der Waals surface area contributed by atoms with Gasteiger partial charge in [0, 0.05) is 21.7 Å². The monoisotopic (exact) mass is 384 g/mol. The number of benzene rings is 2. The Morgan fingerprint density at radius 3 is 2.58 bits per heavy atom. The number of aliphatic hydroxyl groups is 1. The molecule has 1 aromatic heterocycles. The minimum absolute atomic E-state index is 0.196. The Bertz CT molecular complexity index is 1020. The lowest BCUT2D eigenvalue weighted by molar-refractivity contribution is 0.282. The molecule has 0 radical (unpaired) electrons. The van der Waals surface area contributed by atoms with Crippen LogP contribution < -0.4 is 10.3 Å². The van der Waals surface area contributed by atoms with Gasteiger partial charge in [-0.15, -0.1) is 0 Å². The van der Waals surface area contributed by atoms with E-state index >= 15 is 0 Å². The molecule has 2 aromatic carbocycles. The quantitative estimate of drug-likeness (QED) is 0.752. The molecule has 120 valence electrons. The Balaban J connectivity index is 2.34. The summed E-state index contributed by atoms with van der Waals surface area (Å²) in [6.45, 7) is -0.196. The number of nitriles is 1. The summed E-state index contributed by atoms with van der Waals surface area (Å²) in [6, 6.07) is 12.4. The average Bonchev–Trinajstić information content (AvgIpc) is 2.63. The van der Waals surface area contributed by atoms with E-state index in [1.807, 2.05) is 6.07 Å². The smallest absolute Gasteiger partial charge is 0.264 e. The molecule has 0 aliphatic rings. The molecular weight excluding hydrogens is 372 g/mol. The van der Waals surface area contributed by atoms with E-state index in [0.29, 0.717) is 32.2 Å². The first-order valence-electron chi connectivity index (χ1n) is 7.12. The Labute approximate surface area is 146 Å². The minimum Gasteiger partial charge on any atom is -0.497 e. The molecule has 6 heteroatoms. The Morgan fingerprint density at radius 1 is 1.29 bits per heavy atom. The Morgan fingerprint density at radius 2 is 2.00 bits per heavy atom. The van der Waals surface area contributed by atoms with Crippen LogP contribution in [-0.2, 0) is 6.61 Å². The SMILES string of the molecule is COc1ccc(-n2cc(Br)c3cc(CO)cc(C#N)c3c2=O)cc1. The van der Waals surface area contributed by atoms with Crippen molar-refractivity contribution in [2.45, 2.75) is 6.61 Å². The van der Waals surface area contributed by atoms with Crippen molar-refractivity contribution >= 4 is 26.7 Å². The fraction of sp³-hybridized carbons (Fsp3) is 0.111. The first kappa shape index (κ1) is 16.2. The van der Waals surface area contributed by atoms with Crippen molar-refractivity contribution < 1.29 is 9.84 Å². The molecule has 0 amide bonds. The van der Waals surface area contributed by atoms with E-state index in [4.69, 9.17) is 4.74 Å². The summed E-state index contributed by atoms with van der Waals surface area (Å²) in [4.78, 5) is 12.9. The van der Waals surface area contributed by atoms with Crippen LogP contribution in [0.1, 0.15) is 11.1 Å². The molecule has 0 saturated heterocycles. The summed E-state index contributed by atoms with van der Waals surface area (Å²) >= 11 is 3.46. The number of halogens is 1. The molecular formula is C18H13BrN2O3. The molecule has 0 aliphatic heterocycles. The van der Waals surface area contributed by atoms with Crippen molar-refractivity contribution in [3.8, 4) is 17.5 Å². The molecule has 5 nitrogen and oxygen atoms in total. The molecule has 3 aromatic rings. The third kappa shape index (κ3) is 2.68. The molecule has 0 aliphatic carbocycles. The van der Waals surface area contributed by atoms with E-state index in [2.05, 4.69) is 15.9 Å². The lowest BCUT2D eigenvalue weighted by atomic mass is 10.0. The van der Waals surface area contributed by atoms with Crippen LogP contribution in [0.15, 0.2) is 51.9 Å². The van der Waals surface area contributed by atoms with E-state index in [9.17, 15) is 15.2 Å². The van der Waals surface area contributed by atoms with Crippen LogP contribution in [-0.4, -0.2) is 16.8 Å². The van der Waals surface area contributed by atoms with Gasteiger partial charge in [0.25, 0.3) is 5.56 Å². The van der Waals surface area contributed by atoms with Gasteiger partial charge in [0.15, 0.2) is 0 Å². The number of nitrogens with zero attached hydrogens (tertiary/aromatic N) is 2. The van der Waals surface area contributed by atoms with Gasteiger partial charge in [-0.3, -0.25) is 9.36 Å². The average molecular weight is 385 g/mol. The van der Waals surface area contributed by atoms with Crippen molar-refractivity contribution in [1.82, 2.24) is 4.57 Å². The second kappa shape index (κ2) is 6.48. The second-order valence-corrected chi connectivity index (χ2v) is 6.04. The minimum atomic E-state index is -0.292. The number of hydrogen-bond donors (Lipinski definition) is 1. The van der Waals surface area contributed by atoms with Gasteiger partial charge in [-0.25, -0.2) is 0 Å². The van der Waals surface area contributed by atoms with Crippen LogP contribution >= 0.6 is 15.9 Å². The van der Waals surface area contributed by atoms with Crippen molar-refractivity contribution in [3.05, 3.63) is 68.5 Å². The second-order valence-electron chi connectivity index (χ2n) is 5.19. The highest BCUT2D eigenvalue weighted by molar-refractivity contribution is 9.10. The van der Waals surface area contributed by atoms with Crippen molar-refractivity contribution in [1.29, 1.82) is 5.26 Å². The molecule has 1 N–H and O–H groups in total. The highest BCUT2D eigenvalue weighted by Gasteiger charge is 2.14. The zero-order valence-electron chi connectivity index (χ0n) is 12.8. The maximum absolute atomic E-state index is 12.9. The fourth-order valence-corrected chi connectivity index (χ4v) is 3.11. The van der Waals surface area contributed by atoms with Gasteiger partial charge in [0.05, 0.1) is 30.7 Å². The molecule has 0 unspecified atom stereocenters. The van der Waals surface area contributed by atoms with E-state index in [-0.39, 0.29) is 17.7 Å². The lowest BCUT2D eigenvalue weighted by Gasteiger charge is -2.12. The van der Waals surface area contributed by atoms with Crippen molar-refractivity contribution in [2.75, 3.05) is 7.11 Å². The highest BCUT2D eigenvalue weighted by atomic mass is 79.9. The standard InChI is InChI=1S/C18H13BrN2O3/c1-24-14-4-2-13(3-5-14)21-9-16(19)15-7-11(10-22)6-12(8-20)17(15)18(21)23/h2-7,9,22H,10H2,1H3. The predicted octanol–water partition coefficient (Wildman–Crippen LogP) is 3.13. The summed E-state index contributed by atoms with van der Waals surface area (Å²) in [5, 5.41) is 19.7. The van der Waals surface area contributed by atoms with Crippen molar-refractivity contribution in [3.63, 3.8) is 0 Å². The number of methoxy groups -OCH3 is 1. The summed E-state index contributed by atoms with van der Waals surface area (Å²) in [5.41, 5.74) is 1.20. The number of aromatic nitrogens is 1. The molecule has 0 bridgehead atoms. The summed E-state index contributed by atoms with van der Waals surface area (Å²) in [7, 11) is 1.58. The Kier molecular flexibility index (Phi) is 4.38. The van der Waals surface area contributed by atoms with Crippen LogP contribution in [0.2, 0.25) is 0 Å².